The highest BCUT2D eigenvalue weighted by Gasteiger charge is 2.18. The van der Waals surface area contributed by atoms with Gasteiger partial charge in [0.1, 0.15) is 0 Å². The molecule has 1 amide bonds. The Morgan fingerprint density at radius 2 is 2.15 bits per heavy atom. The number of allylic oxidation sites excluding steroid dienone is 3. The molecule has 0 aromatic carbocycles. The molecule has 0 saturated carbocycles. The Balaban J connectivity index is 2.07. The minimum Gasteiger partial charge on any atom is -0.267 e. The standard InChI is InChI=1S/C16H19N3O/c1-11(2)14-5-4-12(3)15(10-14)18-19-16(20)13-6-8-17-9-7-13/h4,6-9,14H,1,5,10H2,2-3H3,(H,19,20). The summed E-state index contributed by atoms with van der Waals surface area (Å²) in [6.07, 6.45) is 7.16. The molecule has 2 rings (SSSR count). The number of carbonyl (C=O) groups is 1. The highest BCUT2D eigenvalue weighted by atomic mass is 16.2. The highest BCUT2D eigenvalue weighted by Crippen LogP contribution is 2.26. The fourth-order valence-electron chi connectivity index (χ4n) is 2.11. The molecule has 0 bridgehead atoms. The van der Waals surface area contributed by atoms with Gasteiger partial charge in [-0.1, -0.05) is 18.2 Å². The average molecular weight is 269 g/mol. The van der Waals surface area contributed by atoms with Crippen molar-refractivity contribution in [3.8, 4) is 0 Å². The van der Waals surface area contributed by atoms with Crippen molar-refractivity contribution in [2.24, 2.45) is 11.0 Å². The van der Waals surface area contributed by atoms with Crippen molar-refractivity contribution < 1.29 is 4.79 Å². The summed E-state index contributed by atoms with van der Waals surface area (Å²) < 4.78 is 0. The summed E-state index contributed by atoms with van der Waals surface area (Å²) in [6.45, 7) is 8.06. The van der Waals surface area contributed by atoms with Gasteiger partial charge >= 0.3 is 0 Å². The first-order valence-electron chi connectivity index (χ1n) is 6.67. The maximum Gasteiger partial charge on any atom is 0.271 e. The van der Waals surface area contributed by atoms with Crippen LogP contribution in [0.3, 0.4) is 0 Å². The Hall–Kier alpha value is -2.23. The van der Waals surface area contributed by atoms with E-state index in [9.17, 15) is 4.79 Å². The first-order chi connectivity index (χ1) is 9.58. The predicted molar refractivity (Wildman–Crippen MR) is 80.4 cm³/mol. The van der Waals surface area contributed by atoms with Gasteiger partial charge in [0.15, 0.2) is 0 Å². The maximum atomic E-state index is 11.9. The minimum absolute atomic E-state index is 0.217. The van der Waals surface area contributed by atoms with E-state index in [4.69, 9.17) is 0 Å². The lowest BCUT2D eigenvalue weighted by molar-refractivity contribution is 0.0954. The van der Waals surface area contributed by atoms with Crippen molar-refractivity contribution in [3.63, 3.8) is 0 Å². The van der Waals surface area contributed by atoms with Crippen LogP contribution in [0.1, 0.15) is 37.0 Å². The zero-order valence-corrected chi connectivity index (χ0v) is 11.9. The lowest BCUT2D eigenvalue weighted by atomic mass is 9.85. The highest BCUT2D eigenvalue weighted by molar-refractivity contribution is 6.02. The van der Waals surface area contributed by atoms with Crippen molar-refractivity contribution in [1.82, 2.24) is 10.4 Å². The topological polar surface area (TPSA) is 54.4 Å². The second kappa shape index (κ2) is 6.28. The molecule has 1 aliphatic carbocycles. The first-order valence-corrected chi connectivity index (χ1v) is 6.67. The Morgan fingerprint density at radius 1 is 1.45 bits per heavy atom. The average Bonchev–Trinajstić information content (AvgIpc) is 2.46. The molecule has 4 nitrogen and oxygen atoms in total. The van der Waals surface area contributed by atoms with E-state index in [0.29, 0.717) is 11.5 Å². The molecule has 0 radical (unpaired) electrons. The number of hydrazone groups is 1. The number of pyridine rings is 1. The van der Waals surface area contributed by atoms with E-state index in [-0.39, 0.29) is 5.91 Å². The number of hydrogen-bond acceptors (Lipinski definition) is 3. The summed E-state index contributed by atoms with van der Waals surface area (Å²) in [5.41, 5.74) is 6.36. The summed E-state index contributed by atoms with van der Waals surface area (Å²) in [4.78, 5) is 15.8. The zero-order valence-electron chi connectivity index (χ0n) is 11.9. The van der Waals surface area contributed by atoms with Crippen molar-refractivity contribution in [3.05, 3.63) is 53.9 Å². The van der Waals surface area contributed by atoms with Gasteiger partial charge in [-0.05, 0) is 50.3 Å². The van der Waals surface area contributed by atoms with E-state index in [1.54, 1.807) is 24.5 Å². The van der Waals surface area contributed by atoms with E-state index in [1.165, 1.54) is 0 Å². The van der Waals surface area contributed by atoms with Crippen molar-refractivity contribution in [2.75, 3.05) is 0 Å². The molecule has 1 unspecified atom stereocenters. The third-order valence-electron chi connectivity index (χ3n) is 3.54. The summed E-state index contributed by atoms with van der Waals surface area (Å²) in [7, 11) is 0. The predicted octanol–water partition coefficient (Wildman–Crippen LogP) is 3.10. The fourth-order valence-corrected chi connectivity index (χ4v) is 2.11. The van der Waals surface area contributed by atoms with Crippen LogP contribution in [-0.4, -0.2) is 16.6 Å². The third kappa shape index (κ3) is 3.41. The molecule has 20 heavy (non-hydrogen) atoms. The van der Waals surface area contributed by atoms with Gasteiger partial charge in [0.25, 0.3) is 5.91 Å². The first kappa shape index (κ1) is 14.2. The fraction of sp³-hybridized carbons (Fsp3) is 0.312. The molecule has 0 fully saturated rings. The second-order valence-corrected chi connectivity index (χ2v) is 5.11. The summed E-state index contributed by atoms with van der Waals surface area (Å²) in [6, 6.07) is 3.32. The number of amides is 1. The minimum atomic E-state index is -0.217. The normalized spacial score (nSPS) is 20.4. The van der Waals surface area contributed by atoms with Crippen LogP contribution in [0.15, 0.2) is 53.4 Å². The van der Waals surface area contributed by atoms with Crippen LogP contribution in [0, 0.1) is 5.92 Å². The van der Waals surface area contributed by atoms with E-state index in [0.717, 1.165) is 29.7 Å². The van der Waals surface area contributed by atoms with Crippen molar-refractivity contribution in [1.29, 1.82) is 0 Å². The molecule has 1 atom stereocenters. The van der Waals surface area contributed by atoms with Gasteiger partial charge in [-0.3, -0.25) is 9.78 Å². The van der Waals surface area contributed by atoms with Gasteiger partial charge in [-0.2, -0.15) is 5.10 Å². The molecule has 1 aromatic rings. The monoisotopic (exact) mass is 269 g/mol. The van der Waals surface area contributed by atoms with Crippen LogP contribution in [0.2, 0.25) is 0 Å². The molecule has 1 heterocycles. The van der Waals surface area contributed by atoms with Gasteiger partial charge in [-0.15, -0.1) is 0 Å². The molecular weight excluding hydrogens is 250 g/mol. The molecular formula is C16H19N3O. The largest absolute Gasteiger partial charge is 0.271 e. The van der Waals surface area contributed by atoms with Crippen LogP contribution < -0.4 is 5.43 Å². The van der Waals surface area contributed by atoms with E-state index >= 15 is 0 Å². The van der Waals surface area contributed by atoms with Gasteiger partial charge < -0.3 is 0 Å². The van der Waals surface area contributed by atoms with Crippen LogP contribution >= 0.6 is 0 Å². The molecule has 104 valence electrons. The van der Waals surface area contributed by atoms with Crippen LogP contribution in [0.5, 0.6) is 0 Å². The van der Waals surface area contributed by atoms with Crippen LogP contribution in [0.25, 0.3) is 0 Å². The number of carbonyl (C=O) groups excluding carboxylic acids is 1. The lowest BCUT2D eigenvalue weighted by Crippen LogP contribution is -2.23. The molecule has 0 aliphatic heterocycles. The maximum absolute atomic E-state index is 11.9. The third-order valence-corrected chi connectivity index (χ3v) is 3.54. The molecule has 1 aromatic heterocycles. The van der Waals surface area contributed by atoms with E-state index in [2.05, 4.69) is 28.2 Å². The summed E-state index contributed by atoms with van der Waals surface area (Å²) in [5, 5.41) is 4.26. The molecule has 0 saturated heterocycles. The Kier molecular flexibility index (Phi) is 4.45. The second-order valence-electron chi connectivity index (χ2n) is 5.11. The Bertz CT molecular complexity index is 573. The molecule has 1 aliphatic rings. The SMILES string of the molecule is C=C(C)C1CC=C(C)C(=NNC(=O)c2ccncc2)C1. The quantitative estimate of drug-likeness (QED) is 0.677. The zero-order chi connectivity index (χ0) is 14.5. The van der Waals surface area contributed by atoms with Gasteiger partial charge in [0.05, 0.1) is 5.71 Å². The van der Waals surface area contributed by atoms with Crippen molar-refractivity contribution >= 4 is 11.6 Å². The molecule has 1 N–H and O–H groups in total. The Labute approximate surface area is 119 Å². The number of rotatable bonds is 3. The number of nitrogens with one attached hydrogen (secondary N) is 1. The smallest absolute Gasteiger partial charge is 0.267 e. The van der Waals surface area contributed by atoms with E-state index < -0.39 is 0 Å². The number of hydrogen-bond donors (Lipinski definition) is 1. The van der Waals surface area contributed by atoms with Gasteiger partial charge in [-0.25, -0.2) is 5.43 Å². The molecule has 4 heteroatoms. The molecule has 0 spiro atoms. The van der Waals surface area contributed by atoms with Crippen LogP contribution in [0.4, 0.5) is 0 Å². The van der Waals surface area contributed by atoms with E-state index in [1.807, 2.05) is 13.8 Å². The Morgan fingerprint density at radius 3 is 2.80 bits per heavy atom. The van der Waals surface area contributed by atoms with Crippen LogP contribution in [-0.2, 0) is 0 Å². The van der Waals surface area contributed by atoms with Gasteiger partial charge in [0, 0.05) is 18.0 Å². The number of aromatic nitrogens is 1. The van der Waals surface area contributed by atoms with Gasteiger partial charge in [0.2, 0.25) is 0 Å². The summed E-state index contributed by atoms with van der Waals surface area (Å²) in [5.74, 6) is 0.195. The van der Waals surface area contributed by atoms with Crippen molar-refractivity contribution in [2.45, 2.75) is 26.7 Å². The lowest BCUT2D eigenvalue weighted by Gasteiger charge is -2.22. The number of nitrogens with zero attached hydrogens (tertiary/aromatic N) is 2. The summed E-state index contributed by atoms with van der Waals surface area (Å²) >= 11 is 0.